The van der Waals surface area contributed by atoms with Gasteiger partial charge in [0.2, 0.25) is 0 Å². The fraction of sp³-hybridized carbons (Fsp3) is 0.500. The van der Waals surface area contributed by atoms with E-state index in [0.29, 0.717) is 23.8 Å². The van der Waals surface area contributed by atoms with E-state index in [1.165, 1.54) is 12.3 Å². The second-order valence-electron chi connectivity index (χ2n) is 4.39. The summed E-state index contributed by atoms with van der Waals surface area (Å²) in [4.78, 5) is 17.9. The SMILES string of the molecule is CC1CN(C(=O)c2ccncc2F)CCC1Br. The van der Waals surface area contributed by atoms with Crippen molar-refractivity contribution < 1.29 is 9.18 Å². The number of hydrogen-bond donors (Lipinski definition) is 0. The molecular weight excluding hydrogens is 287 g/mol. The molecule has 1 aliphatic rings. The second kappa shape index (κ2) is 5.12. The van der Waals surface area contributed by atoms with Crippen molar-refractivity contribution in [2.24, 2.45) is 5.92 Å². The maximum atomic E-state index is 13.4. The summed E-state index contributed by atoms with van der Waals surface area (Å²) in [7, 11) is 0. The van der Waals surface area contributed by atoms with E-state index in [1.54, 1.807) is 4.90 Å². The summed E-state index contributed by atoms with van der Waals surface area (Å²) in [5.41, 5.74) is 0.111. The van der Waals surface area contributed by atoms with Gasteiger partial charge in [-0.3, -0.25) is 9.78 Å². The van der Waals surface area contributed by atoms with E-state index in [4.69, 9.17) is 0 Å². The summed E-state index contributed by atoms with van der Waals surface area (Å²) in [5.74, 6) is -0.403. The van der Waals surface area contributed by atoms with Crippen LogP contribution in [-0.2, 0) is 0 Å². The monoisotopic (exact) mass is 300 g/mol. The fourth-order valence-electron chi connectivity index (χ4n) is 2.02. The number of amides is 1. The summed E-state index contributed by atoms with van der Waals surface area (Å²) in [6, 6.07) is 1.43. The Hall–Kier alpha value is -0.970. The van der Waals surface area contributed by atoms with E-state index in [0.717, 1.165) is 12.6 Å². The number of likely N-dealkylation sites (tertiary alicyclic amines) is 1. The highest BCUT2D eigenvalue weighted by atomic mass is 79.9. The lowest BCUT2D eigenvalue weighted by molar-refractivity contribution is 0.0685. The van der Waals surface area contributed by atoms with Crippen molar-refractivity contribution in [1.82, 2.24) is 9.88 Å². The molecular formula is C12H14BrFN2O. The van der Waals surface area contributed by atoms with Crippen LogP contribution in [0.25, 0.3) is 0 Å². The number of rotatable bonds is 1. The topological polar surface area (TPSA) is 33.2 Å². The highest BCUT2D eigenvalue weighted by molar-refractivity contribution is 9.09. The molecule has 0 saturated carbocycles. The van der Waals surface area contributed by atoms with Gasteiger partial charge in [-0.05, 0) is 18.4 Å². The molecule has 2 heterocycles. The Morgan fingerprint density at radius 1 is 1.65 bits per heavy atom. The van der Waals surface area contributed by atoms with Gasteiger partial charge in [0.25, 0.3) is 5.91 Å². The summed E-state index contributed by atoms with van der Waals surface area (Å²) < 4.78 is 13.4. The molecule has 0 aliphatic carbocycles. The zero-order valence-electron chi connectivity index (χ0n) is 9.57. The number of piperidine rings is 1. The van der Waals surface area contributed by atoms with Crippen LogP contribution in [0.2, 0.25) is 0 Å². The first-order chi connectivity index (χ1) is 8.09. The van der Waals surface area contributed by atoms with Crippen LogP contribution < -0.4 is 0 Å². The van der Waals surface area contributed by atoms with Crippen molar-refractivity contribution in [3.05, 3.63) is 29.8 Å². The Labute approximate surface area is 108 Å². The smallest absolute Gasteiger partial charge is 0.256 e. The van der Waals surface area contributed by atoms with Gasteiger partial charge in [-0.2, -0.15) is 0 Å². The average molecular weight is 301 g/mol. The van der Waals surface area contributed by atoms with Crippen LogP contribution in [0, 0.1) is 11.7 Å². The van der Waals surface area contributed by atoms with Gasteiger partial charge in [0.15, 0.2) is 5.82 Å². The third kappa shape index (κ3) is 2.65. The van der Waals surface area contributed by atoms with Crippen LogP contribution in [0.5, 0.6) is 0 Å². The molecule has 5 heteroatoms. The van der Waals surface area contributed by atoms with Gasteiger partial charge in [0.05, 0.1) is 11.8 Å². The molecule has 1 aromatic heterocycles. The number of carbonyl (C=O) groups excluding carboxylic acids is 1. The summed E-state index contributed by atoms with van der Waals surface area (Å²) in [6.45, 7) is 3.42. The number of halogens is 2. The molecule has 17 heavy (non-hydrogen) atoms. The number of pyridine rings is 1. The molecule has 1 aliphatic heterocycles. The molecule has 2 atom stereocenters. The maximum Gasteiger partial charge on any atom is 0.256 e. The first-order valence-electron chi connectivity index (χ1n) is 5.62. The van der Waals surface area contributed by atoms with Gasteiger partial charge in [-0.1, -0.05) is 22.9 Å². The third-order valence-corrected chi connectivity index (χ3v) is 4.45. The molecule has 1 aromatic rings. The minimum Gasteiger partial charge on any atom is -0.338 e. The van der Waals surface area contributed by atoms with Gasteiger partial charge in [0, 0.05) is 24.1 Å². The van der Waals surface area contributed by atoms with E-state index in [9.17, 15) is 9.18 Å². The third-order valence-electron chi connectivity index (χ3n) is 3.09. The predicted octanol–water partition coefficient (Wildman–Crippen LogP) is 2.47. The zero-order chi connectivity index (χ0) is 12.4. The molecule has 1 saturated heterocycles. The van der Waals surface area contributed by atoms with Crippen molar-refractivity contribution >= 4 is 21.8 Å². The van der Waals surface area contributed by atoms with Crippen LogP contribution in [-0.4, -0.2) is 33.7 Å². The largest absolute Gasteiger partial charge is 0.338 e. The first-order valence-corrected chi connectivity index (χ1v) is 6.54. The number of nitrogens with zero attached hydrogens (tertiary/aromatic N) is 2. The summed E-state index contributed by atoms with van der Waals surface area (Å²) >= 11 is 3.58. The zero-order valence-corrected chi connectivity index (χ0v) is 11.2. The lowest BCUT2D eigenvalue weighted by Gasteiger charge is -2.34. The molecule has 92 valence electrons. The highest BCUT2D eigenvalue weighted by Gasteiger charge is 2.28. The lowest BCUT2D eigenvalue weighted by atomic mass is 9.99. The minimum absolute atomic E-state index is 0.111. The average Bonchev–Trinajstić information content (AvgIpc) is 2.32. The molecule has 2 rings (SSSR count). The summed E-state index contributed by atoms with van der Waals surface area (Å²) in [5, 5.41) is 0. The quantitative estimate of drug-likeness (QED) is 0.747. The normalized spacial score (nSPS) is 24.8. The van der Waals surface area contributed by atoms with Crippen LogP contribution in [0.1, 0.15) is 23.7 Å². The fourth-order valence-corrected chi connectivity index (χ4v) is 2.39. The minimum atomic E-state index is -0.550. The van der Waals surface area contributed by atoms with E-state index >= 15 is 0 Å². The molecule has 1 fully saturated rings. The number of hydrogen-bond acceptors (Lipinski definition) is 2. The van der Waals surface area contributed by atoms with Crippen LogP contribution in [0.3, 0.4) is 0 Å². The van der Waals surface area contributed by atoms with Crippen molar-refractivity contribution in [1.29, 1.82) is 0 Å². The maximum absolute atomic E-state index is 13.4. The van der Waals surface area contributed by atoms with Crippen molar-refractivity contribution in [2.75, 3.05) is 13.1 Å². The van der Waals surface area contributed by atoms with Gasteiger partial charge in [-0.15, -0.1) is 0 Å². The van der Waals surface area contributed by atoms with Gasteiger partial charge < -0.3 is 4.90 Å². The van der Waals surface area contributed by atoms with E-state index in [1.807, 2.05) is 0 Å². The van der Waals surface area contributed by atoms with Crippen molar-refractivity contribution in [2.45, 2.75) is 18.2 Å². The molecule has 0 N–H and O–H groups in total. The Bertz CT molecular complexity index is 427. The Morgan fingerprint density at radius 3 is 3.06 bits per heavy atom. The molecule has 0 spiro atoms. The standard InChI is InChI=1S/C12H14BrFN2O/c1-8-7-16(5-3-10(8)13)12(17)9-2-4-15-6-11(9)14/h2,4,6,8,10H,3,5,7H2,1H3. The first kappa shape index (κ1) is 12.5. The molecule has 3 nitrogen and oxygen atoms in total. The van der Waals surface area contributed by atoms with Crippen LogP contribution in [0.15, 0.2) is 18.5 Å². The second-order valence-corrected chi connectivity index (χ2v) is 5.56. The number of aromatic nitrogens is 1. The molecule has 2 unspecified atom stereocenters. The van der Waals surface area contributed by atoms with Crippen LogP contribution in [0.4, 0.5) is 4.39 Å². The predicted molar refractivity (Wildman–Crippen MR) is 66.6 cm³/mol. The van der Waals surface area contributed by atoms with Gasteiger partial charge >= 0.3 is 0 Å². The van der Waals surface area contributed by atoms with E-state index in [-0.39, 0.29) is 11.5 Å². The number of alkyl halides is 1. The summed E-state index contributed by atoms with van der Waals surface area (Å²) in [6.07, 6.45) is 3.42. The molecule has 0 aromatic carbocycles. The number of carbonyl (C=O) groups is 1. The van der Waals surface area contributed by atoms with Gasteiger partial charge in [0.1, 0.15) is 0 Å². The van der Waals surface area contributed by atoms with Crippen molar-refractivity contribution in [3.63, 3.8) is 0 Å². The highest BCUT2D eigenvalue weighted by Crippen LogP contribution is 2.24. The molecule has 0 bridgehead atoms. The Morgan fingerprint density at radius 2 is 2.41 bits per heavy atom. The van der Waals surface area contributed by atoms with Crippen molar-refractivity contribution in [3.8, 4) is 0 Å². The lowest BCUT2D eigenvalue weighted by Crippen LogP contribution is -2.43. The Kier molecular flexibility index (Phi) is 3.76. The van der Waals surface area contributed by atoms with E-state index in [2.05, 4.69) is 27.8 Å². The van der Waals surface area contributed by atoms with E-state index < -0.39 is 5.82 Å². The molecule has 1 amide bonds. The van der Waals surface area contributed by atoms with Gasteiger partial charge in [-0.25, -0.2) is 4.39 Å². The van der Waals surface area contributed by atoms with Crippen LogP contribution >= 0.6 is 15.9 Å². The molecule has 0 radical (unpaired) electrons. The Balaban J connectivity index is 2.14.